The molecule has 1 aromatic carbocycles. The second-order valence-corrected chi connectivity index (χ2v) is 8.91. The third-order valence-electron chi connectivity index (χ3n) is 4.00. The average Bonchev–Trinajstić information content (AvgIpc) is 3.24. The molecule has 1 aliphatic heterocycles. The van der Waals surface area contributed by atoms with Crippen molar-refractivity contribution in [1.29, 1.82) is 0 Å². The molecule has 1 aliphatic rings. The van der Waals surface area contributed by atoms with Crippen LogP contribution in [0.3, 0.4) is 0 Å². The number of carbonyl (C=O) groups is 1. The third-order valence-corrected chi connectivity index (χ3v) is 6.87. The Balaban J connectivity index is 1.59. The number of rotatable bonds is 7. The Morgan fingerprint density at radius 1 is 1.29 bits per heavy atom. The van der Waals surface area contributed by atoms with Gasteiger partial charge in [-0.3, -0.25) is 4.79 Å². The first-order valence-corrected chi connectivity index (χ1v) is 11.0. The van der Waals surface area contributed by atoms with Gasteiger partial charge in [-0.05, 0) is 36.6 Å². The number of benzene rings is 1. The second-order valence-electron chi connectivity index (χ2n) is 6.02. The fraction of sp³-hybridized carbons (Fsp3) is 0.333. The SMILES string of the molecule is C/C(=N\OCC(=O)Nc1cccc(S(=O)(=O)N2CCOCC2)c1)c1cccs1. The van der Waals surface area contributed by atoms with Crippen LogP contribution in [0.15, 0.2) is 51.8 Å². The number of nitrogens with one attached hydrogen (secondary N) is 1. The van der Waals surface area contributed by atoms with Crippen molar-refractivity contribution in [2.24, 2.45) is 5.16 Å². The Labute approximate surface area is 167 Å². The molecular weight excluding hydrogens is 402 g/mol. The lowest BCUT2D eigenvalue weighted by Gasteiger charge is -2.26. The number of amides is 1. The summed E-state index contributed by atoms with van der Waals surface area (Å²) in [7, 11) is -3.62. The van der Waals surface area contributed by atoms with E-state index in [1.165, 1.54) is 27.8 Å². The zero-order valence-corrected chi connectivity index (χ0v) is 17.0. The summed E-state index contributed by atoms with van der Waals surface area (Å²) in [4.78, 5) is 18.2. The van der Waals surface area contributed by atoms with Crippen LogP contribution in [0.2, 0.25) is 0 Å². The molecule has 28 heavy (non-hydrogen) atoms. The van der Waals surface area contributed by atoms with Gasteiger partial charge >= 0.3 is 0 Å². The van der Waals surface area contributed by atoms with E-state index in [1.807, 2.05) is 17.5 Å². The molecule has 2 aromatic rings. The summed E-state index contributed by atoms with van der Waals surface area (Å²) in [5.74, 6) is -0.427. The van der Waals surface area contributed by atoms with E-state index in [-0.39, 0.29) is 11.5 Å². The smallest absolute Gasteiger partial charge is 0.265 e. The lowest BCUT2D eigenvalue weighted by atomic mass is 10.3. The van der Waals surface area contributed by atoms with Gasteiger partial charge in [0.2, 0.25) is 10.0 Å². The molecule has 0 saturated carbocycles. The highest BCUT2D eigenvalue weighted by Crippen LogP contribution is 2.20. The molecule has 0 unspecified atom stereocenters. The third kappa shape index (κ3) is 5.16. The molecule has 1 N–H and O–H groups in total. The number of hydrogen-bond acceptors (Lipinski definition) is 7. The standard InChI is InChI=1S/C18H21N3O5S2/c1-14(17-6-3-11-27-17)20-26-13-18(22)19-15-4-2-5-16(12-15)28(23,24)21-7-9-25-10-8-21/h2-6,11-12H,7-10,13H2,1H3,(H,19,22)/b20-14+. The van der Waals surface area contributed by atoms with Crippen molar-refractivity contribution in [2.75, 3.05) is 38.2 Å². The van der Waals surface area contributed by atoms with Crippen molar-refractivity contribution in [3.8, 4) is 0 Å². The molecular formula is C18H21N3O5S2. The number of carbonyl (C=O) groups excluding carboxylic acids is 1. The maximum absolute atomic E-state index is 12.7. The zero-order valence-electron chi connectivity index (χ0n) is 15.3. The monoisotopic (exact) mass is 423 g/mol. The van der Waals surface area contributed by atoms with E-state index in [4.69, 9.17) is 9.57 Å². The molecule has 10 heteroatoms. The summed E-state index contributed by atoms with van der Waals surface area (Å²) in [5.41, 5.74) is 1.06. The lowest BCUT2D eigenvalue weighted by molar-refractivity contribution is -0.120. The quantitative estimate of drug-likeness (QED) is 0.544. The minimum Gasteiger partial charge on any atom is -0.385 e. The van der Waals surface area contributed by atoms with E-state index >= 15 is 0 Å². The Bertz CT molecular complexity index is 936. The molecule has 0 atom stereocenters. The summed E-state index contributed by atoms with van der Waals surface area (Å²) < 4.78 is 32.0. The fourth-order valence-electron chi connectivity index (χ4n) is 2.58. The minimum atomic E-state index is -3.62. The normalized spacial score (nSPS) is 16.0. The molecule has 0 aliphatic carbocycles. The first-order valence-electron chi connectivity index (χ1n) is 8.65. The molecule has 150 valence electrons. The van der Waals surface area contributed by atoms with Crippen molar-refractivity contribution in [3.05, 3.63) is 46.7 Å². The zero-order chi connectivity index (χ0) is 20.0. The highest BCUT2D eigenvalue weighted by molar-refractivity contribution is 7.89. The van der Waals surface area contributed by atoms with Crippen LogP contribution >= 0.6 is 11.3 Å². The topological polar surface area (TPSA) is 97.3 Å². The number of oxime groups is 1. The van der Waals surface area contributed by atoms with E-state index in [9.17, 15) is 13.2 Å². The molecule has 0 radical (unpaired) electrons. The predicted molar refractivity (Wildman–Crippen MR) is 107 cm³/mol. The molecule has 3 rings (SSSR count). The molecule has 0 spiro atoms. The van der Waals surface area contributed by atoms with Gasteiger partial charge in [-0.15, -0.1) is 11.3 Å². The van der Waals surface area contributed by atoms with Gasteiger partial charge in [0, 0.05) is 18.8 Å². The van der Waals surface area contributed by atoms with Crippen LogP contribution in [0.25, 0.3) is 0 Å². The Morgan fingerprint density at radius 3 is 2.79 bits per heavy atom. The maximum Gasteiger partial charge on any atom is 0.265 e. The minimum absolute atomic E-state index is 0.125. The van der Waals surface area contributed by atoms with E-state index < -0.39 is 15.9 Å². The molecule has 2 heterocycles. The van der Waals surface area contributed by atoms with E-state index in [0.717, 1.165) is 4.88 Å². The first kappa shape index (κ1) is 20.5. The number of anilines is 1. The van der Waals surface area contributed by atoms with Crippen LogP contribution in [-0.2, 0) is 24.4 Å². The van der Waals surface area contributed by atoms with E-state index in [1.54, 1.807) is 19.1 Å². The second kappa shape index (κ2) is 9.28. The van der Waals surface area contributed by atoms with Gasteiger partial charge in [-0.25, -0.2) is 8.42 Å². The number of nitrogens with zero attached hydrogens (tertiary/aromatic N) is 2. The number of thiophene rings is 1. The van der Waals surface area contributed by atoms with E-state index in [0.29, 0.717) is 37.7 Å². The van der Waals surface area contributed by atoms with Crippen molar-refractivity contribution in [3.63, 3.8) is 0 Å². The molecule has 0 bridgehead atoms. The van der Waals surface area contributed by atoms with Gasteiger partial charge in [0.15, 0.2) is 6.61 Å². The van der Waals surface area contributed by atoms with Gasteiger partial charge in [0.25, 0.3) is 5.91 Å². The summed E-state index contributed by atoms with van der Waals surface area (Å²) in [6, 6.07) is 9.96. The maximum atomic E-state index is 12.7. The van der Waals surface area contributed by atoms with Gasteiger partial charge < -0.3 is 14.9 Å². The predicted octanol–water partition coefficient (Wildman–Crippen LogP) is 2.15. The van der Waals surface area contributed by atoms with Crippen molar-refractivity contribution < 1.29 is 22.8 Å². The van der Waals surface area contributed by atoms with Crippen LogP contribution in [0, 0.1) is 0 Å². The van der Waals surface area contributed by atoms with Crippen LogP contribution in [0.5, 0.6) is 0 Å². The average molecular weight is 424 g/mol. The summed E-state index contributed by atoms with van der Waals surface area (Å²) in [5, 5.41) is 8.48. The van der Waals surface area contributed by atoms with Gasteiger partial charge in [0.1, 0.15) is 0 Å². The highest BCUT2D eigenvalue weighted by atomic mass is 32.2. The van der Waals surface area contributed by atoms with Crippen LogP contribution in [0.1, 0.15) is 11.8 Å². The van der Waals surface area contributed by atoms with Crippen LogP contribution < -0.4 is 5.32 Å². The summed E-state index contributed by atoms with van der Waals surface area (Å²) in [6.45, 7) is 2.90. The van der Waals surface area contributed by atoms with Crippen LogP contribution in [0.4, 0.5) is 5.69 Å². The molecule has 1 amide bonds. The Morgan fingerprint density at radius 2 is 2.07 bits per heavy atom. The Kier molecular flexibility index (Phi) is 6.79. The first-order chi connectivity index (χ1) is 13.5. The van der Waals surface area contributed by atoms with Crippen molar-refractivity contribution in [2.45, 2.75) is 11.8 Å². The van der Waals surface area contributed by atoms with Gasteiger partial charge in [-0.1, -0.05) is 17.3 Å². The summed E-state index contributed by atoms with van der Waals surface area (Å²) in [6.07, 6.45) is 0. The number of hydrogen-bond donors (Lipinski definition) is 1. The largest absolute Gasteiger partial charge is 0.385 e. The van der Waals surface area contributed by atoms with Crippen LogP contribution in [-0.4, -0.2) is 57.3 Å². The van der Waals surface area contributed by atoms with Gasteiger partial charge in [0.05, 0.1) is 28.7 Å². The van der Waals surface area contributed by atoms with E-state index in [2.05, 4.69) is 10.5 Å². The molecule has 8 nitrogen and oxygen atoms in total. The molecule has 1 saturated heterocycles. The van der Waals surface area contributed by atoms with Crippen molar-refractivity contribution in [1.82, 2.24) is 4.31 Å². The number of sulfonamides is 1. The lowest BCUT2D eigenvalue weighted by Crippen LogP contribution is -2.40. The molecule has 1 aromatic heterocycles. The van der Waals surface area contributed by atoms with Gasteiger partial charge in [-0.2, -0.15) is 4.31 Å². The van der Waals surface area contributed by atoms with Crippen molar-refractivity contribution >= 4 is 38.7 Å². The number of morpholine rings is 1. The molecule has 1 fully saturated rings. The highest BCUT2D eigenvalue weighted by Gasteiger charge is 2.26. The fourth-order valence-corrected chi connectivity index (χ4v) is 4.71. The number of ether oxygens (including phenoxy) is 1. The Hall–Kier alpha value is -2.27. The summed E-state index contributed by atoms with van der Waals surface area (Å²) >= 11 is 1.53.